The van der Waals surface area contributed by atoms with Crippen LogP contribution in [0, 0.1) is 5.92 Å². The van der Waals surface area contributed by atoms with Gasteiger partial charge in [0.25, 0.3) is 0 Å². The molecule has 0 aromatic heterocycles. The molecule has 0 bridgehead atoms. The van der Waals surface area contributed by atoms with Crippen LogP contribution >= 0.6 is 0 Å². The van der Waals surface area contributed by atoms with Crippen LogP contribution in [-0.2, 0) is 14.6 Å². The monoisotopic (exact) mass is 223 g/mol. The molecule has 2 unspecified atom stereocenters. The van der Waals surface area contributed by atoms with Crippen molar-refractivity contribution in [2.75, 3.05) is 25.7 Å². The Balaban J connectivity index is 3.70. The number of nitrogens with two attached hydrogens (primary N) is 1. The molecule has 4 nitrogen and oxygen atoms in total. The van der Waals surface area contributed by atoms with Crippen molar-refractivity contribution >= 4 is 9.84 Å². The van der Waals surface area contributed by atoms with Gasteiger partial charge in [-0.1, -0.05) is 6.92 Å². The molecular formula is C9H21NO3S. The summed E-state index contributed by atoms with van der Waals surface area (Å²) in [6, 6.07) is -0.0464. The second-order valence-corrected chi connectivity index (χ2v) is 6.23. The van der Waals surface area contributed by atoms with E-state index in [0.717, 1.165) is 6.42 Å². The summed E-state index contributed by atoms with van der Waals surface area (Å²) < 4.78 is 26.7. The standard InChI is InChI=1S/C9H21NO3S/c1-8(7-13-2)6-9(10)4-5-14(3,11)12/h8-9H,4-7,10H2,1-3H3. The summed E-state index contributed by atoms with van der Waals surface area (Å²) in [5.74, 6) is 0.558. The molecule has 0 heterocycles. The Morgan fingerprint density at radius 3 is 2.43 bits per heavy atom. The average molecular weight is 223 g/mol. The van der Waals surface area contributed by atoms with Crippen molar-refractivity contribution in [1.29, 1.82) is 0 Å². The van der Waals surface area contributed by atoms with Crippen molar-refractivity contribution in [3.05, 3.63) is 0 Å². The Bertz CT molecular complexity index is 238. The number of ether oxygens (including phenoxy) is 1. The summed E-state index contributed by atoms with van der Waals surface area (Å²) in [5, 5.41) is 0. The molecule has 0 aromatic rings. The van der Waals surface area contributed by atoms with Gasteiger partial charge < -0.3 is 10.5 Å². The van der Waals surface area contributed by atoms with E-state index in [1.165, 1.54) is 6.26 Å². The molecule has 5 heteroatoms. The molecule has 0 spiro atoms. The van der Waals surface area contributed by atoms with Gasteiger partial charge in [-0.2, -0.15) is 0 Å². The Labute approximate surface area is 86.7 Å². The highest BCUT2D eigenvalue weighted by Crippen LogP contribution is 2.08. The molecule has 0 fully saturated rings. The molecule has 2 N–H and O–H groups in total. The Morgan fingerprint density at radius 1 is 1.43 bits per heavy atom. The maximum absolute atomic E-state index is 10.9. The molecule has 0 aliphatic carbocycles. The maximum Gasteiger partial charge on any atom is 0.147 e. The van der Waals surface area contributed by atoms with Crippen molar-refractivity contribution in [1.82, 2.24) is 0 Å². The lowest BCUT2D eigenvalue weighted by Gasteiger charge is -2.15. The van der Waals surface area contributed by atoms with Gasteiger partial charge in [0.15, 0.2) is 0 Å². The van der Waals surface area contributed by atoms with Crippen LogP contribution in [0.5, 0.6) is 0 Å². The lowest BCUT2D eigenvalue weighted by Crippen LogP contribution is -2.26. The maximum atomic E-state index is 10.9. The second-order valence-electron chi connectivity index (χ2n) is 3.97. The minimum absolute atomic E-state index is 0.0464. The molecule has 0 rings (SSSR count). The van der Waals surface area contributed by atoms with E-state index >= 15 is 0 Å². The van der Waals surface area contributed by atoms with Gasteiger partial charge in [0, 0.05) is 26.0 Å². The Morgan fingerprint density at radius 2 is 2.00 bits per heavy atom. The van der Waals surface area contributed by atoms with Crippen molar-refractivity contribution < 1.29 is 13.2 Å². The van der Waals surface area contributed by atoms with E-state index in [1.807, 2.05) is 6.92 Å². The normalized spacial score (nSPS) is 16.6. The fourth-order valence-electron chi connectivity index (χ4n) is 1.35. The van der Waals surface area contributed by atoms with Crippen LogP contribution in [0.2, 0.25) is 0 Å². The molecule has 14 heavy (non-hydrogen) atoms. The Kier molecular flexibility index (Phi) is 6.31. The summed E-state index contributed by atoms with van der Waals surface area (Å²) in [6.45, 7) is 2.72. The van der Waals surface area contributed by atoms with E-state index in [0.29, 0.717) is 18.9 Å². The predicted molar refractivity (Wildman–Crippen MR) is 58.0 cm³/mol. The molecule has 0 aliphatic heterocycles. The summed E-state index contributed by atoms with van der Waals surface area (Å²) in [7, 11) is -1.23. The van der Waals surface area contributed by atoms with Crippen LogP contribution in [0.4, 0.5) is 0 Å². The summed E-state index contributed by atoms with van der Waals surface area (Å²) in [6.07, 6.45) is 2.58. The number of methoxy groups -OCH3 is 1. The van der Waals surface area contributed by atoms with Crippen molar-refractivity contribution in [3.8, 4) is 0 Å². The minimum Gasteiger partial charge on any atom is -0.384 e. The largest absolute Gasteiger partial charge is 0.384 e. The molecule has 0 saturated heterocycles. The van der Waals surface area contributed by atoms with Crippen LogP contribution in [0.3, 0.4) is 0 Å². The van der Waals surface area contributed by atoms with Gasteiger partial charge in [-0.15, -0.1) is 0 Å². The minimum atomic E-state index is -2.88. The van der Waals surface area contributed by atoms with Crippen molar-refractivity contribution in [2.45, 2.75) is 25.8 Å². The van der Waals surface area contributed by atoms with Gasteiger partial charge in [-0.05, 0) is 18.8 Å². The van der Waals surface area contributed by atoms with E-state index in [-0.39, 0.29) is 11.8 Å². The average Bonchev–Trinajstić information content (AvgIpc) is 2.00. The van der Waals surface area contributed by atoms with E-state index in [2.05, 4.69) is 0 Å². The highest BCUT2D eigenvalue weighted by atomic mass is 32.2. The quantitative estimate of drug-likeness (QED) is 0.679. The first kappa shape index (κ1) is 13.9. The third kappa shape index (κ3) is 8.47. The molecule has 0 amide bonds. The molecule has 0 saturated carbocycles. The summed E-state index contributed by atoms with van der Waals surface area (Å²) in [5.41, 5.74) is 5.79. The fraction of sp³-hybridized carbons (Fsp3) is 1.00. The van der Waals surface area contributed by atoms with E-state index in [1.54, 1.807) is 7.11 Å². The first-order valence-corrected chi connectivity index (χ1v) is 6.83. The molecule has 86 valence electrons. The van der Waals surface area contributed by atoms with Crippen LogP contribution in [0.25, 0.3) is 0 Å². The zero-order valence-corrected chi connectivity index (χ0v) is 10.0. The van der Waals surface area contributed by atoms with Crippen LogP contribution in [0.15, 0.2) is 0 Å². The molecular weight excluding hydrogens is 202 g/mol. The number of hydrogen-bond acceptors (Lipinski definition) is 4. The lowest BCUT2D eigenvalue weighted by atomic mass is 10.0. The third-order valence-electron chi connectivity index (χ3n) is 2.02. The van der Waals surface area contributed by atoms with Crippen LogP contribution in [0.1, 0.15) is 19.8 Å². The van der Waals surface area contributed by atoms with Crippen LogP contribution < -0.4 is 5.73 Å². The fourth-order valence-corrected chi connectivity index (χ4v) is 2.08. The van der Waals surface area contributed by atoms with E-state index in [9.17, 15) is 8.42 Å². The van der Waals surface area contributed by atoms with Gasteiger partial charge in [0.1, 0.15) is 9.84 Å². The van der Waals surface area contributed by atoms with Gasteiger partial charge in [0.2, 0.25) is 0 Å². The summed E-state index contributed by atoms with van der Waals surface area (Å²) >= 11 is 0. The van der Waals surface area contributed by atoms with Gasteiger partial charge in [0.05, 0.1) is 5.75 Å². The molecule has 0 radical (unpaired) electrons. The van der Waals surface area contributed by atoms with Gasteiger partial charge in [-0.3, -0.25) is 0 Å². The summed E-state index contributed by atoms with van der Waals surface area (Å²) in [4.78, 5) is 0. The SMILES string of the molecule is COCC(C)CC(N)CCS(C)(=O)=O. The second kappa shape index (κ2) is 6.37. The van der Waals surface area contributed by atoms with Gasteiger partial charge >= 0.3 is 0 Å². The topological polar surface area (TPSA) is 69.4 Å². The highest BCUT2D eigenvalue weighted by Gasteiger charge is 2.11. The first-order chi connectivity index (χ1) is 6.35. The van der Waals surface area contributed by atoms with Gasteiger partial charge in [-0.25, -0.2) is 8.42 Å². The molecule has 2 atom stereocenters. The zero-order chi connectivity index (χ0) is 11.2. The molecule has 0 aromatic carbocycles. The van der Waals surface area contributed by atoms with Crippen molar-refractivity contribution in [2.24, 2.45) is 11.7 Å². The Hall–Kier alpha value is -0.130. The first-order valence-electron chi connectivity index (χ1n) is 4.77. The lowest BCUT2D eigenvalue weighted by molar-refractivity contribution is 0.152. The van der Waals surface area contributed by atoms with E-state index < -0.39 is 9.84 Å². The molecule has 0 aliphatic rings. The number of hydrogen-bond donors (Lipinski definition) is 1. The number of sulfone groups is 1. The highest BCUT2D eigenvalue weighted by molar-refractivity contribution is 7.90. The van der Waals surface area contributed by atoms with Crippen LogP contribution in [-0.4, -0.2) is 40.2 Å². The smallest absolute Gasteiger partial charge is 0.147 e. The zero-order valence-electron chi connectivity index (χ0n) is 9.19. The van der Waals surface area contributed by atoms with Crippen molar-refractivity contribution in [3.63, 3.8) is 0 Å². The van der Waals surface area contributed by atoms with E-state index in [4.69, 9.17) is 10.5 Å². The number of rotatable bonds is 7. The predicted octanol–water partition coefficient (Wildman–Crippen LogP) is 0.421. The third-order valence-corrected chi connectivity index (χ3v) is 2.99.